The largest absolute Gasteiger partial charge is 0.271 e. The molecule has 0 atom stereocenters. The van der Waals surface area contributed by atoms with Crippen LogP contribution in [-0.4, -0.2) is 17.3 Å². The highest BCUT2D eigenvalue weighted by Crippen LogP contribution is 2.36. The van der Waals surface area contributed by atoms with E-state index in [-0.39, 0.29) is 5.91 Å². The molecule has 0 aliphatic carbocycles. The summed E-state index contributed by atoms with van der Waals surface area (Å²) in [5.41, 5.74) is 2.48. The molecule has 0 saturated carbocycles. The summed E-state index contributed by atoms with van der Waals surface area (Å²) in [6, 6.07) is 24.0. The highest BCUT2D eigenvalue weighted by molar-refractivity contribution is 8.19. The Hall–Kier alpha value is -2.86. The van der Waals surface area contributed by atoms with Crippen LogP contribution in [0.5, 0.6) is 0 Å². The molecular formula is C23H15Cl2N3OS. The number of hydrogen-bond acceptors (Lipinski definition) is 4. The Bertz CT molecular complexity index is 1140. The monoisotopic (exact) mass is 451 g/mol. The van der Waals surface area contributed by atoms with Crippen molar-refractivity contribution in [3.63, 3.8) is 0 Å². The van der Waals surface area contributed by atoms with Crippen LogP contribution in [0.3, 0.4) is 0 Å². The van der Waals surface area contributed by atoms with Crippen LogP contribution in [0.2, 0.25) is 10.0 Å². The summed E-state index contributed by atoms with van der Waals surface area (Å²) < 4.78 is 0. The van der Waals surface area contributed by atoms with E-state index < -0.39 is 0 Å². The normalized spacial score (nSPS) is 16.9. The second-order valence-corrected chi connectivity index (χ2v) is 8.20. The first-order valence-electron chi connectivity index (χ1n) is 9.01. The first-order chi connectivity index (χ1) is 14.6. The summed E-state index contributed by atoms with van der Waals surface area (Å²) in [5.74, 6) is -0.151. The molecule has 0 bridgehead atoms. The van der Waals surface area contributed by atoms with Crippen molar-refractivity contribution in [2.45, 2.75) is 0 Å². The number of para-hydroxylation sites is 1. The maximum Gasteiger partial charge on any atom is 0.271 e. The van der Waals surface area contributed by atoms with Crippen molar-refractivity contribution >= 4 is 64.0 Å². The fourth-order valence-electron chi connectivity index (χ4n) is 2.75. The van der Waals surface area contributed by atoms with Gasteiger partial charge in [-0.15, -0.1) is 5.10 Å². The van der Waals surface area contributed by atoms with Gasteiger partial charge < -0.3 is 0 Å². The molecule has 1 fully saturated rings. The molecule has 1 saturated heterocycles. The van der Waals surface area contributed by atoms with Crippen molar-refractivity contribution in [1.82, 2.24) is 0 Å². The number of amidine groups is 1. The number of hydrogen-bond donors (Lipinski definition) is 0. The summed E-state index contributed by atoms with van der Waals surface area (Å²) >= 11 is 13.1. The molecule has 0 unspecified atom stereocenters. The zero-order valence-electron chi connectivity index (χ0n) is 15.6. The van der Waals surface area contributed by atoms with Gasteiger partial charge in [0.05, 0.1) is 16.8 Å². The molecule has 30 heavy (non-hydrogen) atoms. The molecule has 1 aliphatic rings. The molecule has 7 heteroatoms. The molecule has 0 spiro atoms. The minimum absolute atomic E-state index is 0.151. The fraction of sp³-hybridized carbons (Fsp3) is 0. The van der Waals surface area contributed by atoms with E-state index in [1.807, 2.05) is 60.7 Å². The van der Waals surface area contributed by atoms with Crippen LogP contribution in [0.15, 0.2) is 94.0 Å². The highest BCUT2D eigenvalue weighted by atomic mass is 35.5. The first-order valence-corrected chi connectivity index (χ1v) is 10.6. The van der Waals surface area contributed by atoms with Crippen molar-refractivity contribution in [3.8, 4) is 0 Å². The van der Waals surface area contributed by atoms with Crippen molar-refractivity contribution in [1.29, 1.82) is 0 Å². The summed E-state index contributed by atoms with van der Waals surface area (Å²) in [5, 5.41) is 10.3. The van der Waals surface area contributed by atoms with Gasteiger partial charge in [-0.05, 0) is 65.4 Å². The summed E-state index contributed by atoms with van der Waals surface area (Å²) in [6.07, 6.45) is 3.45. The standard InChI is InChI=1S/C23H15Cl2N3OS/c24-18-10-6-16(7-11-18)14-21-22(29)28(20-4-2-1-3-5-20)23(30-21)27-26-15-17-8-12-19(25)13-9-17/h1-15H/b21-14-,26-15-,27-23+. The van der Waals surface area contributed by atoms with Crippen molar-refractivity contribution < 1.29 is 4.79 Å². The Kier molecular flexibility index (Phi) is 6.33. The van der Waals surface area contributed by atoms with Crippen LogP contribution >= 0.6 is 35.0 Å². The molecule has 3 aromatic carbocycles. The fourth-order valence-corrected chi connectivity index (χ4v) is 3.94. The van der Waals surface area contributed by atoms with Crippen LogP contribution in [0.25, 0.3) is 6.08 Å². The molecule has 1 heterocycles. The number of carbonyl (C=O) groups is 1. The lowest BCUT2D eigenvalue weighted by Crippen LogP contribution is -2.28. The third kappa shape index (κ3) is 4.82. The number of halogens is 2. The van der Waals surface area contributed by atoms with Crippen LogP contribution < -0.4 is 4.90 Å². The summed E-state index contributed by atoms with van der Waals surface area (Å²) in [4.78, 5) is 15.2. The smallest absolute Gasteiger partial charge is 0.268 e. The van der Waals surface area contributed by atoms with E-state index in [0.29, 0.717) is 20.1 Å². The SMILES string of the molecule is O=C1/C(=C/c2ccc(Cl)cc2)S/C(=N/N=C\c2ccc(Cl)cc2)N1c1ccccc1. The molecule has 4 rings (SSSR count). The van der Waals surface area contributed by atoms with Gasteiger partial charge in [0.15, 0.2) is 0 Å². The molecule has 0 aromatic heterocycles. The number of carbonyl (C=O) groups excluding carboxylic acids is 1. The lowest BCUT2D eigenvalue weighted by molar-refractivity contribution is -0.113. The Morgan fingerprint density at radius 1 is 0.800 bits per heavy atom. The van der Waals surface area contributed by atoms with Crippen LogP contribution in [0, 0.1) is 0 Å². The minimum Gasteiger partial charge on any atom is -0.268 e. The third-order valence-electron chi connectivity index (χ3n) is 4.21. The number of amides is 1. The second-order valence-electron chi connectivity index (χ2n) is 6.32. The van der Waals surface area contributed by atoms with E-state index in [1.165, 1.54) is 11.8 Å². The van der Waals surface area contributed by atoms with Gasteiger partial charge in [-0.3, -0.25) is 9.69 Å². The number of thioether (sulfide) groups is 1. The van der Waals surface area contributed by atoms with Crippen LogP contribution in [0.1, 0.15) is 11.1 Å². The van der Waals surface area contributed by atoms with Crippen LogP contribution in [0.4, 0.5) is 5.69 Å². The molecule has 148 valence electrons. The van der Waals surface area contributed by atoms with E-state index in [1.54, 1.807) is 35.4 Å². The van der Waals surface area contributed by atoms with Crippen molar-refractivity contribution in [2.75, 3.05) is 4.90 Å². The number of benzene rings is 3. The lowest BCUT2D eigenvalue weighted by Gasteiger charge is -2.14. The average molecular weight is 452 g/mol. The van der Waals surface area contributed by atoms with Gasteiger partial charge in [0, 0.05) is 10.0 Å². The zero-order valence-corrected chi connectivity index (χ0v) is 17.9. The van der Waals surface area contributed by atoms with Crippen LogP contribution in [-0.2, 0) is 4.79 Å². The maximum absolute atomic E-state index is 13.1. The topological polar surface area (TPSA) is 45.0 Å². The van der Waals surface area contributed by atoms with Gasteiger partial charge in [0.25, 0.3) is 5.91 Å². The third-order valence-corrected chi connectivity index (χ3v) is 5.67. The highest BCUT2D eigenvalue weighted by Gasteiger charge is 2.34. The molecule has 1 amide bonds. The minimum atomic E-state index is -0.151. The van der Waals surface area contributed by atoms with Gasteiger partial charge >= 0.3 is 0 Å². The van der Waals surface area contributed by atoms with Gasteiger partial charge in [-0.25, -0.2) is 0 Å². The second kappa shape index (κ2) is 9.30. The molecule has 0 N–H and O–H groups in total. The number of nitrogens with zero attached hydrogens (tertiary/aromatic N) is 3. The van der Waals surface area contributed by atoms with E-state index in [0.717, 1.165) is 16.8 Å². The van der Waals surface area contributed by atoms with Gasteiger partial charge in [0.1, 0.15) is 0 Å². The van der Waals surface area contributed by atoms with Crippen molar-refractivity contribution in [2.24, 2.45) is 10.2 Å². The molecular weight excluding hydrogens is 437 g/mol. The molecule has 3 aromatic rings. The average Bonchev–Trinajstić information content (AvgIpc) is 3.07. The number of rotatable bonds is 4. The lowest BCUT2D eigenvalue weighted by atomic mass is 10.2. The maximum atomic E-state index is 13.1. The summed E-state index contributed by atoms with van der Waals surface area (Å²) in [6.45, 7) is 0. The predicted molar refractivity (Wildman–Crippen MR) is 127 cm³/mol. The first kappa shape index (κ1) is 20.4. The number of anilines is 1. The van der Waals surface area contributed by atoms with Gasteiger partial charge in [0.2, 0.25) is 5.17 Å². The molecule has 1 aliphatic heterocycles. The van der Waals surface area contributed by atoms with Gasteiger partial charge in [-0.1, -0.05) is 65.7 Å². The molecule has 4 nitrogen and oxygen atoms in total. The van der Waals surface area contributed by atoms with Gasteiger partial charge in [-0.2, -0.15) is 5.10 Å². The van der Waals surface area contributed by atoms with E-state index in [4.69, 9.17) is 23.2 Å². The predicted octanol–water partition coefficient (Wildman–Crippen LogP) is 6.50. The summed E-state index contributed by atoms with van der Waals surface area (Å²) in [7, 11) is 0. The Balaban J connectivity index is 1.66. The molecule has 0 radical (unpaired) electrons. The zero-order chi connectivity index (χ0) is 20.9. The Labute approximate surface area is 188 Å². The van der Waals surface area contributed by atoms with E-state index in [9.17, 15) is 4.79 Å². The Morgan fingerprint density at radius 2 is 1.40 bits per heavy atom. The van der Waals surface area contributed by atoms with E-state index >= 15 is 0 Å². The van der Waals surface area contributed by atoms with E-state index in [2.05, 4.69) is 10.2 Å². The quantitative estimate of drug-likeness (QED) is 0.258. The van der Waals surface area contributed by atoms with Crippen molar-refractivity contribution in [3.05, 3.63) is 105 Å². The Morgan fingerprint density at radius 3 is 2.03 bits per heavy atom.